The molecule has 10 heteroatoms. The van der Waals surface area contributed by atoms with Crippen molar-refractivity contribution in [2.45, 2.75) is 37.8 Å². The number of hydrogen-bond acceptors (Lipinski definition) is 10. The van der Waals surface area contributed by atoms with Crippen molar-refractivity contribution >= 4 is 0 Å². The molecular formula is C39H44N2O8. The van der Waals surface area contributed by atoms with Crippen LogP contribution in [-0.2, 0) is 28.7 Å². The van der Waals surface area contributed by atoms with Crippen LogP contribution < -0.4 is 28.4 Å². The maximum absolute atomic E-state index is 7.30. The Kier molecular flexibility index (Phi) is 8.24. The second kappa shape index (κ2) is 12.7. The number of benzene rings is 3. The molecule has 0 saturated carbocycles. The summed E-state index contributed by atoms with van der Waals surface area (Å²) < 4.78 is 50.0. The molecule has 49 heavy (non-hydrogen) atoms. The number of likely N-dealkylation sites (tertiary alicyclic amines) is 1. The minimum atomic E-state index is -0.0294. The summed E-state index contributed by atoms with van der Waals surface area (Å²) in [5.74, 6) is 6.82. The van der Waals surface area contributed by atoms with E-state index in [2.05, 4.69) is 54.2 Å². The summed E-state index contributed by atoms with van der Waals surface area (Å²) in [6.45, 7) is 1.84. The van der Waals surface area contributed by atoms with Crippen LogP contribution in [0.1, 0.15) is 34.7 Å². The van der Waals surface area contributed by atoms with Crippen molar-refractivity contribution in [2.75, 3.05) is 62.4 Å². The Labute approximate surface area is 287 Å². The van der Waals surface area contributed by atoms with E-state index in [0.717, 1.165) is 67.0 Å². The molecule has 10 nitrogen and oxygen atoms in total. The zero-order chi connectivity index (χ0) is 33.8. The lowest BCUT2D eigenvalue weighted by Gasteiger charge is -2.46. The van der Waals surface area contributed by atoms with Crippen molar-refractivity contribution in [3.63, 3.8) is 0 Å². The fourth-order valence-corrected chi connectivity index (χ4v) is 8.41. The van der Waals surface area contributed by atoms with Crippen LogP contribution in [0.2, 0.25) is 0 Å². The van der Waals surface area contributed by atoms with E-state index in [9.17, 15) is 0 Å². The molecule has 3 aromatic rings. The number of ether oxygens (including phenoxy) is 8. The highest BCUT2D eigenvalue weighted by Crippen LogP contribution is 2.57. The van der Waals surface area contributed by atoms with Crippen LogP contribution in [0.15, 0.2) is 65.8 Å². The third-order valence-electron chi connectivity index (χ3n) is 10.9. The summed E-state index contributed by atoms with van der Waals surface area (Å²) in [4.78, 5) is 4.83. The average molecular weight is 669 g/mol. The Morgan fingerprint density at radius 1 is 0.755 bits per heavy atom. The Bertz CT molecular complexity index is 1820. The van der Waals surface area contributed by atoms with Crippen LogP contribution in [0.4, 0.5) is 0 Å². The molecule has 5 aliphatic heterocycles. The van der Waals surface area contributed by atoms with Gasteiger partial charge in [-0.25, -0.2) is 0 Å². The lowest BCUT2D eigenvalue weighted by molar-refractivity contribution is 0.0717. The van der Waals surface area contributed by atoms with Gasteiger partial charge in [-0.3, -0.25) is 4.90 Å². The Morgan fingerprint density at radius 2 is 1.55 bits per heavy atom. The van der Waals surface area contributed by atoms with Gasteiger partial charge in [0.2, 0.25) is 18.3 Å². The lowest BCUT2D eigenvalue weighted by atomic mass is 9.73. The quantitative estimate of drug-likeness (QED) is 0.318. The van der Waals surface area contributed by atoms with E-state index >= 15 is 0 Å². The van der Waals surface area contributed by atoms with Crippen molar-refractivity contribution in [1.82, 2.24) is 9.80 Å². The normalized spacial score (nSPS) is 24.5. The number of rotatable bonds is 4. The molecule has 5 heterocycles. The largest absolute Gasteiger partial charge is 0.493 e. The molecule has 8 bridgehead atoms. The third-order valence-corrected chi connectivity index (χ3v) is 10.9. The van der Waals surface area contributed by atoms with Crippen LogP contribution in [0.5, 0.6) is 40.2 Å². The second-order valence-corrected chi connectivity index (χ2v) is 13.5. The zero-order valence-electron chi connectivity index (χ0n) is 29.0. The molecule has 4 unspecified atom stereocenters. The van der Waals surface area contributed by atoms with Crippen LogP contribution in [0.3, 0.4) is 0 Å². The molecule has 6 aliphatic rings. The molecule has 4 atom stereocenters. The van der Waals surface area contributed by atoms with E-state index in [1.807, 2.05) is 18.2 Å². The standard InChI is InChI=1S/C39H44N2O8/c1-40-15-13-25-27-20-32(43-4)36(45-6)35(25)49-37-33-26(34(44-5)38-39(37)47-21-46-38)14-16-41(2)29(33)17-22-7-10-24(11-8-22)48-31-19-23(18-28(27)40)9-12-30(31)42-3/h7-12,19-20,25,27-29H,13-18,21H2,1-6H3. The lowest BCUT2D eigenvalue weighted by Crippen LogP contribution is -2.50. The SMILES string of the molecule is COC1=CC2C3CCN(C)C2Cc2ccc(OC)c(c2)Oc2ccc(cc2)CC2c4c(c(OC)c5c(c4OC3=C1OC)OCO5)CCN2C. The van der Waals surface area contributed by atoms with Gasteiger partial charge < -0.3 is 42.8 Å². The zero-order valence-corrected chi connectivity index (χ0v) is 29.0. The number of piperidine rings is 1. The van der Waals surface area contributed by atoms with Crippen LogP contribution in [0, 0.1) is 11.8 Å². The summed E-state index contributed by atoms with van der Waals surface area (Å²) in [6, 6.07) is 14.7. The fraction of sp³-hybridized carbons (Fsp3) is 0.436. The molecule has 0 spiro atoms. The van der Waals surface area contributed by atoms with Crippen LogP contribution >= 0.6 is 0 Å². The van der Waals surface area contributed by atoms with E-state index in [-0.39, 0.29) is 30.7 Å². The van der Waals surface area contributed by atoms with Crippen LogP contribution in [-0.4, -0.2) is 78.3 Å². The van der Waals surface area contributed by atoms with Crippen molar-refractivity contribution < 1.29 is 37.9 Å². The van der Waals surface area contributed by atoms with Gasteiger partial charge in [-0.15, -0.1) is 0 Å². The first kappa shape index (κ1) is 31.7. The van der Waals surface area contributed by atoms with Gasteiger partial charge in [0.15, 0.2) is 40.3 Å². The molecule has 3 aromatic carbocycles. The van der Waals surface area contributed by atoms with Gasteiger partial charge in [-0.05, 0) is 87.8 Å². The molecule has 1 saturated heterocycles. The highest BCUT2D eigenvalue weighted by molar-refractivity contribution is 5.70. The van der Waals surface area contributed by atoms with E-state index in [1.165, 1.54) is 5.56 Å². The predicted octanol–water partition coefficient (Wildman–Crippen LogP) is 6.27. The second-order valence-electron chi connectivity index (χ2n) is 13.5. The molecule has 0 aromatic heterocycles. The van der Waals surface area contributed by atoms with Gasteiger partial charge >= 0.3 is 0 Å². The van der Waals surface area contributed by atoms with Gasteiger partial charge in [0.25, 0.3) is 0 Å². The Balaban J connectivity index is 1.36. The van der Waals surface area contributed by atoms with E-state index in [4.69, 9.17) is 37.9 Å². The molecule has 258 valence electrons. The highest BCUT2D eigenvalue weighted by atomic mass is 16.7. The first-order valence-corrected chi connectivity index (χ1v) is 17.0. The number of allylic oxidation sites excluding steroid dienone is 1. The topological polar surface area (TPSA) is 80.3 Å². The summed E-state index contributed by atoms with van der Waals surface area (Å²) in [6.07, 6.45) is 5.42. The molecule has 0 N–H and O–H groups in total. The number of likely N-dealkylation sites (N-methyl/N-ethyl adjacent to an activating group) is 2. The summed E-state index contributed by atoms with van der Waals surface area (Å²) in [5, 5.41) is 0. The molecule has 1 aliphatic carbocycles. The molecule has 0 radical (unpaired) electrons. The predicted molar refractivity (Wildman–Crippen MR) is 183 cm³/mol. The number of fused-ring (bicyclic) bond motifs is 3. The molecule has 9 rings (SSSR count). The Hall–Kier alpha value is -4.54. The van der Waals surface area contributed by atoms with Gasteiger partial charge in [-0.2, -0.15) is 0 Å². The number of nitrogens with zero attached hydrogens (tertiary/aromatic N) is 2. The highest BCUT2D eigenvalue weighted by Gasteiger charge is 2.46. The summed E-state index contributed by atoms with van der Waals surface area (Å²) >= 11 is 0. The van der Waals surface area contributed by atoms with Gasteiger partial charge in [0.1, 0.15) is 5.75 Å². The first-order valence-electron chi connectivity index (χ1n) is 17.0. The van der Waals surface area contributed by atoms with Crippen molar-refractivity contribution in [3.8, 4) is 40.2 Å². The molecule has 1 fully saturated rings. The van der Waals surface area contributed by atoms with Crippen molar-refractivity contribution in [1.29, 1.82) is 0 Å². The van der Waals surface area contributed by atoms with E-state index in [0.29, 0.717) is 46.0 Å². The van der Waals surface area contributed by atoms with Crippen molar-refractivity contribution in [2.24, 2.45) is 11.8 Å². The van der Waals surface area contributed by atoms with E-state index < -0.39 is 0 Å². The fourth-order valence-electron chi connectivity index (χ4n) is 8.41. The smallest absolute Gasteiger partial charge is 0.231 e. The minimum Gasteiger partial charge on any atom is -0.493 e. The van der Waals surface area contributed by atoms with Crippen LogP contribution in [0.25, 0.3) is 0 Å². The maximum atomic E-state index is 7.30. The van der Waals surface area contributed by atoms with Gasteiger partial charge in [0.05, 0.1) is 28.4 Å². The number of methoxy groups -OCH3 is 4. The minimum absolute atomic E-state index is 0.0294. The molecule has 0 amide bonds. The first-order chi connectivity index (χ1) is 23.9. The molecular weight excluding hydrogens is 624 g/mol. The number of hydrogen-bond donors (Lipinski definition) is 0. The monoisotopic (exact) mass is 668 g/mol. The van der Waals surface area contributed by atoms with Gasteiger partial charge in [0, 0.05) is 41.6 Å². The summed E-state index contributed by atoms with van der Waals surface area (Å²) in [5.41, 5.74) is 4.45. The maximum Gasteiger partial charge on any atom is 0.231 e. The Morgan fingerprint density at radius 3 is 2.31 bits per heavy atom. The average Bonchev–Trinajstić information content (AvgIpc) is 3.60. The van der Waals surface area contributed by atoms with Gasteiger partial charge in [-0.1, -0.05) is 18.2 Å². The van der Waals surface area contributed by atoms with E-state index in [1.54, 1.807) is 28.4 Å². The third kappa shape index (κ3) is 5.32. The summed E-state index contributed by atoms with van der Waals surface area (Å²) in [7, 11) is 11.1. The van der Waals surface area contributed by atoms with Crippen molar-refractivity contribution in [3.05, 3.63) is 88.1 Å².